The van der Waals surface area contributed by atoms with E-state index in [1.165, 1.54) is 19.4 Å². The van der Waals surface area contributed by atoms with Crippen molar-refractivity contribution in [3.05, 3.63) is 29.6 Å². The normalized spacial score (nSPS) is 9.00. The summed E-state index contributed by atoms with van der Waals surface area (Å²) in [5.74, 6) is 4.77. The Kier molecular flexibility index (Phi) is 5.35. The second-order valence-corrected chi connectivity index (χ2v) is 3.28. The van der Waals surface area contributed by atoms with E-state index in [2.05, 4.69) is 27.5 Å². The third kappa shape index (κ3) is 3.88. The van der Waals surface area contributed by atoms with Gasteiger partial charge in [0.2, 0.25) is 5.91 Å². The van der Waals surface area contributed by atoms with E-state index in [4.69, 9.17) is 5.73 Å². The highest BCUT2D eigenvalue weighted by molar-refractivity contribution is 5.98. The van der Waals surface area contributed by atoms with E-state index in [-0.39, 0.29) is 24.9 Å². The number of pyridine rings is 1. The van der Waals surface area contributed by atoms with Crippen LogP contribution in [0.2, 0.25) is 0 Å². The van der Waals surface area contributed by atoms with Crippen LogP contribution in [0.5, 0.6) is 0 Å². The van der Waals surface area contributed by atoms with Crippen molar-refractivity contribution in [1.29, 1.82) is 0 Å². The van der Waals surface area contributed by atoms with Gasteiger partial charge in [-0.25, -0.2) is 0 Å². The smallest absolute Gasteiger partial charge is 0.253 e. The monoisotopic (exact) mass is 246 g/mol. The highest BCUT2D eigenvalue weighted by atomic mass is 16.2. The fourth-order valence-electron chi connectivity index (χ4n) is 1.18. The zero-order chi connectivity index (χ0) is 13.4. The number of nitrogens with two attached hydrogens (primary N) is 1. The molecule has 0 spiro atoms. The molecule has 1 heterocycles. The summed E-state index contributed by atoms with van der Waals surface area (Å²) in [6, 6.07) is 1.54. The number of likely N-dealkylation sites (N-methyl/N-ethyl adjacent to an activating group) is 1. The summed E-state index contributed by atoms with van der Waals surface area (Å²) in [6.07, 6.45) is 2.97. The predicted molar refractivity (Wildman–Crippen MR) is 66.6 cm³/mol. The van der Waals surface area contributed by atoms with E-state index in [9.17, 15) is 9.59 Å². The summed E-state index contributed by atoms with van der Waals surface area (Å²) in [7, 11) is 1.50. The molecule has 0 aromatic carbocycles. The van der Waals surface area contributed by atoms with Crippen molar-refractivity contribution < 1.29 is 9.59 Å². The predicted octanol–water partition coefficient (Wildman–Crippen LogP) is -1.13. The molecule has 0 aliphatic rings. The number of aromatic nitrogens is 1. The van der Waals surface area contributed by atoms with Crippen molar-refractivity contribution in [2.45, 2.75) is 0 Å². The van der Waals surface area contributed by atoms with Gasteiger partial charge in [0.1, 0.15) is 0 Å². The number of nitrogens with zero attached hydrogens (tertiary/aromatic N) is 1. The molecule has 0 saturated carbocycles. The molecule has 6 heteroatoms. The lowest BCUT2D eigenvalue weighted by Gasteiger charge is -2.05. The van der Waals surface area contributed by atoms with Crippen molar-refractivity contribution in [2.75, 3.05) is 20.1 Å². The SMILES string of the molecule is CNC(=O)CNC(=O)c1ccncc1C#CCN. The molecule has 0 fully saturated rings. The van der Waals surface area contributed by atoms with Crippen LogP contribution in [-0.4, -0.2) is 36.9 Å². The molecule has 18 heavy (non-hydrogen) atoms. The van der Waals surface area contributed by atoms with Gasteiger partial charge in [-0.15, -0.1) is 0 Å². The highest BCUT2D eigenvalue weighted by Crippen LogP contribution is 2.04. The average molecular weight is 246 g/mol. The molecule has 1 rings (SSSR count). The summed E-state index contributed by atoms with van der Waals surface area (Å²) in [5.41, 5.74) is 6.13. The van der Waals surface area contributed by atoms with Crippen LogP contribution >= 0.6 is 0 Å². The Hall–Kier alpha value is -2.39. The molecule has 94 valence electrons. The molecule has 2 amide bonds. The molecule has 0 atom stereocenters. The van der Waals surface area contributed by atoms with Gasteiger partial charge >= 0.3 is 0 Å². The Labute approximate surface area is 105 Å². The molecule has 0 aliphatic heterocycles. The second-order valence-electron chi connectivity index (χ2n) is 3.28. The zero-order valence-corrected chi connectivity index (χ0v) is 9.99. The third-order valence-corrected chi connectivity index (χ3v) is 2.08. The number of carbonyl (C=O) groups excluding carboxylic acids is 2. The first-order chi connectivity index (χ1) is 8.69. The average Bonchev–Trinajstić information content (AvgIpc) is 2.42. The number of hydrogen-bond acceptors (Lipinski definition) is 4. The maximum Gasteiger partial charge on any atom is 0.253 e. The summed E-state index contributed by atoms with van der Waals surface area (Å²) in [6.45, 7) is 0.121. The summed E-state index contributed by atoms with van der Waals surface area (Å²) < 4.78 is 0. The van der Waals surface area contributed by atoms with Gasteiger partial charge in [-0.3, -0.25) is 14.6 Å². The van der Waals surface area contributed by atoms with Crippen molar-refractivity contribution in [2.24, 2.45) is 5.73 Å². The van der Waals surface area contributed by atoms with Crippen LogP contribution in [-0.2, 0) is 4.79 Å². The fraction of sp³-hybridized carbons (Fsp3) is 0.250. The minimum absolute atomic E-state index is 0.0819. The molecule has 0 radical (unpaired) electrons. The van der Waals surface area contributed by atoms with E-state index < -0.39 is 0 Å². The summed E-state index contributed by atoms with van der Waals surface area (Å²) in [4.78, 5) is 26.7. The van der Waals surface area contributed by atoms with E-state index in [1.807, 2.05) is 0 Å². The first-order valence-electron chi connectivity index (χ1n) is 5.30. The van der Waals surface area contributed by atoms with Gasteiger partial charge in [0.05, 0.1) is 24.2 Å². The molecule has 4 N–H and O–H groups in total. The minimum Gasteiger partial charge on any atom is -0.358 e. The Balaban J connectivity index is 2.82. The van der Waals surface area contributed by atoms with Gasteiger partial charge in [0.15, 0.2) is 0 Å². The number of rotatable bonds is 3. The van der Waals surface area contributed by atoms with Crippen LogP contribution < -0.4 is 16.4 Å². The molecule has 0 aliphatic carbocycles. The lowest BCUT2D eigenvalue weighted by atomic mass is 10.1. The topological polar surface area (TPSA) is 97.1 Å². The van der Waals surface area contributed by atoms with Crippen molar-refractivity contribution >= 4 is 11.8 Å². The largest absolute Gasteiger partial charge is 0.358 e. The maximum atomic E-state index is 11.8. The summed E-state index contributed by atoms with van der Waals surface area (Å²) in [5, 5.41) is 4.90. The minimum atomic E-state index is -0.373. The molecule has 1 aromatic rings. The van der Waals surface area contributed by atoms with Crippen LogP contribution in [0.4, 0.5) is 0 Å². The lowest BCUT2D eigenvalue weighted by Crippen LogP contribution is -2.35. The van der Waals surface area contributed by atoms with Crippen LogP contribution in [0.25, 0.3) is 0 Å². The Morgan fingerprint density at radius 1 is 1.50 bits per heavy atom. The van der Waals surface area contributed by atoms with Crippen molar-refractivity contribution in [3.63, 3.8) is 0 Å². The molecule has 0 unspecified atom stereocenters. The quantitative estimate of drug-likeness (QED) is 0.588. The highest BCUT2D eigenvalue weighted by Gasteiger charge is 2.10. The van der Waals surface area contributed by atoms with Crippen LogP contribution in [0.3, 0.4) is 0 Å². The van der Waals surface area contributed by atoms with Crippen LogP contribution in [0, 0.1) is 11.8 Å². The molecule has 0 saturated heterocycles. The first-order valence-corrected chi connectivity index (χ1v) is 5.30. The number of carbonyl (C=O) groups is 2. The molecule has 1 aromatic heterocycles. The van der Waals surface area contributed by atoms with E-state index in [0.29, 0.717) is 11.1 Å². The number of hydrogen-bond donors (Lipinski definition) is 3. The standard InChI is InChI=1S/C12H14N4O2/c1-14-11(17)8-16-12(18)10-4-6-15-7-9(10)3-2-5-13/h4,6-7H,5,8,13H2,1H3,(H,14,17)(H,16,18). The Morgan fingerprint density at radius 2 is 2.28 bits per heavy atom. The second kappa shape index (κ2) is 7.04. The fourth-order valence-corrected chi connectivity index (χ4v) is 1.18. The molecular weight excluding hydrogens is 232 g/mol. The van der Waals surface area contributed by atoms with Gasteiger partial charge in [-0.2, -0.15) is 0 Å². The van der Waals surface area contributed by atoms with Gasteiger partial charge in [0.25, 0.3) is 5.91 Å². The number of nitrogens with one attached hydrogen (secondary N) is 2. The van der Waals surface area contributed by atoms with E-state index in [1.54, 1.807) is 6.07 Å². The van der Waals surface area contributed by atoms with Gasteiger partial charge in [0, 0.05) is 19.4 Å². The van der Waals surface area contributed by atoms with E-state index >= 15 is 0 Å². The van der Waals surface area contributed by atoms with Gasteiger partial charge in [-0.05, 0) is 6.07 Å². The molecular formula is C12H14N4O2. The van der Waals surface area contributed by atoms with E-state index in [0.717, 1.165) is 0 Å². The lowest BCUT2D eigenvalue weighted by molar-refractivity contribution is -0.119. The van der Waals surface area contributed by atoms with Gasteiger partial charge < -0.3 is 16.4 Å². The van der Waals surface area contributed by atoms with Crippen molar-refractivity contribution in [1.82, 2.24) is 15.6 Å². The number of amides is 2. The Morgan fingerprint density at radius 3 is 2.94 bits per heavy atom. The summed E-state index contributed by atoms with van der Waals surface area (Å²) >= 11 is 0. The zero-order valence-electron chi connectivity index (χ0n) is 9.99. The third-order valence-electron chi connectivity index (χ3n) is 2.08. The molecule has 0 bridgehead atoms. The maximum absolute atomic E-state index is 11.8. The van der Waals surface area contributed by atoms with Gasteiger partial charge in [-0.1, -0.05) is 11.8 Å². The Bertz CT molecular complexity index is 502. The van der Waals surface area contributed by atoms with Crippen molar-refractivity contribution in [3.8, 4) is 11.8 Å². The first kappa shape index (κ1) is 13.7. The van der Waals surface area contributed by atoms with Crippen LogP contribution in [0.15, 0.2) is 18.5 Å². The molecule has 6 nitrogen and oxygen atoms in total. The van der Waals surface area contributed by atoms with Crippen LogP contribution in [0.1, 0.15) is 15.9 Å².